The number of unbranched alkanes of at least 4 members (excludes halogenated alkanes) is 3. The van der Waals surface area contributed by atoms with Crippen molar-refractivity contribution in [3.8, 4) is 0 Å². The zero-order valence-electron chi connectivity index (χ0n) is 10.2. The maximum atomic E-state index is 11.1. The quantitative estimate of drug-likeness (QED) is 0.636. The minimum absolute atomic E-state index is 0.120. The summed E-state index contributed by atoms with van der Waals surface area (Å²) in [5, 5.41) is 21.0. The van der Waals surface area contributed by atoms with Gasteiger partial charge in [0.15, 0.2) is 0 Å². The number of aromatic carboxylic acids is 1. The van der Waals surface area contributed by atoms with Gasteiger partial charge in [-0.05, 0) is 25.0 Å². The van der Waals surface area contributed by atoms with Crippen molar-refractivity contribution in [3.05, 3.63) is 28.8 Å². The van der Waals surface area contributed by atoms with Crippen molar-refractivity contribution in [2.45, 2.75) is 25.7 Å². The first kappa shape index (κ1) is 14.8. The standard InChI is InChI=1S/C13H18ClNO3/c14-10-6-5-7-11(12(10)13(17)18)15-8-3-1-2-4-9-16/h5-7,15-16H,1-4,8-9H2,(H,17,18). The molecule has 18 heavy (non-hydrogen) atoms. The molecular formula is C13H18ClNO3. The van der Waals surface area contributed by atoms with E-state index in [-0.39, 0.29) is 17.2 Å². The highest BCUT2D eigenvalue weighted by Crippen LogP contribution is 2.24. The molecule has 0 aliphatic carbocycles. The van der Waals surface area contributed by atoms with Gasteiger partial charge in [0.25, 0.3) is 0 Å². The van der Waals surface area contributed by atoms with Crippen LogP contribution < -0.4 is 5.32 Å². The van der Waals surface area contributed by atoms with Crippen LogP contribution in [-0.2, 0) is 0 Å². The van der Waals surface area contributed by atoms with Crippen LogP contribution in [-0.4, -0.2) is 29.3 Å². The molecule has 100 valence electrons. The van der Waals surface area contributed by atoms with E-state index >= 15 is 0 Å². The Hall–Kier alpha value is -1.26. The van der Waals surface area contributed by atoms with Crippen molar-refractivity contribution in [2.75, 3.05) is 18.5 Å². The van der Waals surface area contributed by atoms with E-state index in [4.69, 9.17) is 21.8 Å². The molecule has 0 atom stereocenters. The molecule has 0 aliphatic heterocycles. The average molecular weight is 272 g/mol. The van der Waals surface area contributed by atoms with Crippen LogP contribution >= 0.6 is 11.6 Å². The summed E-state index contributed by atoms with van der Waals surface area (Å²) in [4.78, 5) is 11.1. The van der Waals surface area contributed by atoms with Gasteiger partial charge in [0.1, 0.15) is 5.56 Å². The van der Waals surface area contributed by atoms with Crippen LogP contribution in [0.2, 0.25) is 5.02 Å². The first-order valence-electron chi connectivity index (χ1n) is 6.03. The van der Waals surface area contributed by atoms with Gasteiger partial charge in [-0.1, -0.05) is 30.5 Å². The first-order valence-corrected chi connectivity index (χ1v) is 6.41. The van der Waals surface area contributed by atoms with Gasteiger partial charge in [0.2, 0.25) is 0 Å². The number of halogens is 1. The van der Waals surface area contributed by atoms with Gasteiger partial charge in [-0.2, -0.15) is 0 Å². The van der Waals surface area contributed by atoms with E-state index in [1.54, 1.807) is 18.2 Å². The summed E-state index contributed by atoms with van der Waals surface area (Å²) in [6, 6.07) is 5.00. The van der Waals surface area contributed by atoms with Crippen LogP contribution in [0.3, 0.4) is 0 Å². The Morgan fingerprint density at radius 1 is 1.22 bits per heavy atom. The van der Waals surface area contributed by atoms with E-state index in [1.807, 2.05) is 0 Å². The lowest BCUT2D eigenvalue weighted by molar-refractivity contribution is 0.0698. The molecule has 3 N–H and O–H groups in total. The van der Waals surface area contributed by atoms with E-state index in [0.29, 0.717) is 12.2 Å². The molecule has 0 aliphatic rings. The molecule has 0 amide bonds. The summed E-state index contributed by atoms with van der Waals surface area (Å²) in [7, 11) is 0. The molecule has 0 fully saturated rings. The van der Waals surface area contributed by atoms with Gasteiger partial charge in [-0.25, -0.2) is 4.79 Å². The number of carbonyl (C=O) groups is 1. The maximum absolute atomic E-state index is 11.1. The zero-order valence-corrected chi connectivity index (χ0v) is 10.9. The lowest BCUT2D eigenvalue weighted by Crippen LogP contribution is -2.08. The van der Waals surface area contributed by atoms with E-state index in [2.05, 4.69) is 5.32 Å². The molecule has 0 radical (unpaired) electrons. The molecule has 5 heteroatoms. The number of aliphatic hydroxyl groups excluding tert-OH is 1. The van der Waals surface area contributed by atoms with Crippen molar-refractivity contribution in [1.82, 2.24) is 0 Å². The van der Waals surface area contributed by atoms with Crippen LogP contribution in [0.15, 0.2) is 18.2 Å². The summed E-state index contributed by atoms with van der Waals surface area (Å²) < 4.78 is 0. The molecule has 0 bridgehead atoms. The normalized spacial score (nSPS) is 10.3. The second-order valence-corrected chi connectivity index (χ2v) is 4.44. The third-order valence-corrected chi connectivity index (χ3v) is 2.94. The van der Waals surface area contributed by atoms with Gasteiger partial charge in [0, 0.05) is 13.2 Å². The molecule has 1 aromatic carbocycles. The zero-order chi connectivity index (χ0) is 13.4. The minimum Gasteiger partial charge on any atom is -0.478 e. The third kappa shape index (κ3) is 4.55. The van der Waals surface area contributed by atoms with Crippen LogP contribution in [0.25, 0.3) is 0 Å². The fourth-order valence-electron chi connectivity index (χ4n) is 1.70. The van der Waals surface area contributed by atoms with Crippen molar-refractivity contribution in [3.63, 3.8) is 0 Å². The summed E-state index contributed by atoms with van der Waals surface area (Å²) in [5.41, 5.74) is 0.673. The largest absolute Gasteiger partial charge is 0.478 e. The molecule has 0 saturated carbocycles. The number of carboxylic acid groups (broad SMARTS) is 1. The Labute approximate surface area is 112 Å². The number of hydrogen-bond donors (Lipinski definition) is 3. The molecule has 0 heterocycles. The number of nitrogens with one attached hydrogen (secondary N) is 1. The predicted octanol–water partition coefficient (Wildman–Crippen LogP) is 3.00. The molecule has 0 aromatic heterocycles. The molecule has 0 saturated heterocycles. The van der Waals surface area contributed by atoms with Gasteiger partial charge < -0.3 is 15.5 Å². The monoisotopic (exact) mass is 271 g/mol. The second kappa shape index (κ2) is 7.95. The summed E-state index contributed by atoms with van der Waals surface area (Å²) in [5.74, 6) is -1.02. The van der Waals surface area contributed by atoms with Crippen LogP contribution in [0.5, 0.6) is 0 Å². The number of benzene rings is 1. The molecule has 0 unspecified atom stereocenters. The predicted molar refractivity (Wildman–Crippen MR) is 72.5 cm³/mol. The fourth-order valence-corrected chi connectivity index (χ4v) is 1.96. The van der Waals surface area contributed by atoms with Crippen LogP contribution in [0.1, 0.15) is 36.0 Å². The van der Waals surface area contributed by atoms with Gasteiger partial charge >= 0.3 is 5.97 Å². The Morgan fingerprint density at radius 2 is 1.94 bits per heavy atom. The number of carboxylic acids is 1. The smallest absolute Gasteiger partial charge is 0.339 e. The summed E-state index contributed by atoms with van der Waals surface area (Å²) in [6.07, 6.45) is 3.75. The van der Waals surface area contributed by atoms with Crippen molar-refractivity contribution < 1.29 is 15.0 Å². The lowest BCUT2D eigenvalue weighted by atomic mass is 10.1. The maximum Gasteiger partial charge on any atom is 0.339 e. The number of hydrogen-bond acceptors (Lipinski definition) is 3. The molecular weight excluding hydrogens is 254 g/mol. The number of rotatable bonds is 8. The lowest BCUT2D eigenvalue weighted by Gasteiger charge is -2.10. The SMILES string of the molecule is O=C(O)c1c(Cl)cccc1NCCCCCCO. The van der Waals surface area contributed by atoms with E-state index in [0.717, 1.165) is 25.7 Å². The highest BCUT2D eigenvalue weighted by molar-refractivity contribution is 6.34. The fraction of sp³-hybridized carbons (Fsp3) is 0.462. The van der Waals surface area contributed by atoms with Crippen molar-refractivity contribution in [1.29, 1.82) is 0 Å². The first-order chi connectivity index (χ1) is 8.66. The van der Waals surface area contributed by atoms with Crippen molar-refractivity contribution in [2.24, 2.45) is 0 Å². The molecule has 0 spiro atoms. The van der Waals surface area contributed by atoms with E-state index in [9.17, 15) is 4.79 Å². The van der Waals surface area contributed by atoms with Crippen LogP contribution in [0.4, 0.5) is 5.69 Å². The topological polar surface area (TPSA) is 69.6 Å². The Bertz CT molecular complexity index is 396. The van der Waals surface area contributed by atoms with Crippen molar-refractivity contribution >= 4 is 23.3 Å². The van der Waals surface area contributed by atoms with Crippen LogP contribution in [0, 0.1) is 0 Å². The molecule has 4 nitrogen and oxygen atoms in total. The summed E-state index contributed by atoms with van der Waals surface area (Å²) in [6.45, 7) is 0.928. The minimum atomic E-state index is -1.02. The Kier molecular flexibility index (Phi) is 6.54. The van der Waals surface area contributed by atoms with E-state index in [1.165, 1.54) is 0 Å². The third-order valence-electron chi connectivity index (χ3n) is 2.63. The average Bonchev–Trinajstić information content (AvgIpc) is 2.33. The van der Waals surface area contributed by atoms with Gasteiger partial charge in [0.05, 0.1) is 10.7 Å². The Balaban J connectivity index is 2.47. The Morgan fingerprint density at radius 3 is 2.61 bits per heavy atom. The highest BCUT2D eigenvalue weighted by Gasteiger charge is 2.13. The highest BCUT2D eigenvalue weighted by atomic mass is 35.5. The number of aliphatic hydroxyl groups is 1. The molecule has 1 rings (SSSR count). The van der Waals surface area contributed by atoms with E-state index < -0.39 is 5.97 Å². The second-order valence-electron chi connectivity index (χ2n) is 4.03. The number of anilines is 1. The van der Waals surface area contributed by atoms with Gasteiger partial charge in [-0.3, -0.25) is 0 Å². The van der Waals surface area contributed by atoms with Gasteiger partial charge in [-0.15, -0.1) is 0 Å². The molecule has 1 aromatic rings. The summed E-state index contributed by atoms with van der Waals surface area (Å²) >= 11 is 5.86.